The average molecular weight is 262 g/mol. The molecule has 0 aliphatic heterocycles. The zero-order valence-corrected chi connectivity index (χ0v) is 12.6. The van der Waals surface area contributed by atoms with Crippen LogP contribution in [0.5, 0.6) is 0 Å². The SMILES string of the molecule is CCC(CNC(=O)c1ccc(C)cc1)N(CC)CC. The van der Waals surface area contributed by atoms with Crippen molar-refractivity contribution in [1.82, 2.24) is 10.2 Å². The Bertz CT molecular complexity index is 382. The van der Waals surface area contributed by atoms with Gasteiger partial charge in [-0.25, -0.2) is 0 Å². The van der Waals surface area contributed by atoms with Crippen LogP contribution in [0.25, 0.3) is 0 Å². The van der Waals surface area contributed by atoms with Gasteiger partial charge in [0.1, 0.15) is 0 Å². The van der Waals surface area contributed by atoms with Crippen LogP contribution in [-0.2, 0) is 0 Å². The van der Waals surface area contributed by atoms with Gasteiger partial charge >= 0.3 is 0 Å². The summed E-state index contributed by atoms with van der Waals surface area (Å²) >= 11 is 0. The van der Waals surface area contributed by atoms with Crippen LogP contribution >= 0.6 is 0 Å². The van der Waals surface area contributed by atoms with Crippen molar-refractivity contribution in [3.63, 3.8) is 0 Å². The Kier molecular flexibility index (Phi) is 6.57. The first-order valence-corrected chi connectivity index (χ1v) is 7.21. The molecule has 1 rings (SSSR count). The van der Waals surface area contributed by atoms with Crippen molar-refractivity contribution in [1.29, 1.82) is 0 Å². The van der Waals surface area contributed by atoms with Crippen LogP contribution in [0.2, 0.25) is 0 Å². The van der Waals surface area contributed by atoms with Crippen molar-refractivity contribution in [2.24, 2.45) is 0 Å². The molecule has 0 saturated heterocycles. The maximum atomic E-state index is 12.0. The highest BCUT2D eigenvalue weighted by Crippen LogP contribution is 2.05. The molecule has 0 fully saturated rings. The first-order valence-electron chi connectivity index (χ1n) is 7.21. The second-order valence-electron chi connectivity index (χ2n) is 4.86. The molecule has 1 N–H and O–H groups in total. The summed E-state index contributed by atoms with van der Waals surface area (Å²) in [6.45, 7) is 11.3. The smallest absolute Gasteiger partial charge is 0.251 e. The Balaban J connectivity index is 2.55. The number of hydrogen-bond acceptors (Lipinski definition) is 2. The third-order valence-corrected chi connectivity index (χ3v) is 3.61. The van der Waals surface area contributed by atoms with E-state index in [1.165, 1.54) is 5.56 Å². The van der Waals surface area contributed by atoms with Crippen LogP contribution in [0.4, 0.5) is 0 Å². The van der Waals surface area contributed by atoms with Gasteiger partial charge in [0.2, 0.25) is 0 Å². The van der Waals surface area contributed by atoms with Crippen molar-refractivity contribution in [2.45, 2.75) is 40.2 Å². The molecule has 106 valence electrons. The number of carbonyl (C=O) groups is 1. The number of benzene rings is 1. The van der Waals surface area contributed by atoms with Crippen LogP contribution in [0.3, 0.4) is 0 Å². The lowest BCUT2D eigenvalue weighted by Crippen LogP contribution is -2.43. The summed E-state index contributed by atoms with van der Waals surface area (Å²) in [7, 11) is 0. The Morgan fingerprint density at radius 1 is 1.16 bits per heavy atom. The van der Waals surface area contributed by atoms with Gasteiger partial charge in [-0.1, -0.05) is 38.5 Å². The molecule has 19 heavy (non-hydrogen) atoms. The van der Waals surface area contributed by atoms with Gasteiger partial charge in [0.15, 0.2) is 0 Å². The van der Waals surface area contributed by atoms with Crippen molar-refractivity contribution < 1.29 is 4.79 Å². The topological polar surface area (TPSA) is 32.3 Å². The van der Waals surface area contributed by atoms with E-state index in [0.29, 0.717) is 12.6 Å². The van der Waals surface area contributed by atoms with Crippen molar-refractivity contribution in [2.75, 3.05) is 19.6 Å². The highest BCUT2D eigenvalue weighted by atomic mass is 16.1. The van der Waals surface area contributed by atoms with Crippen molar-refractivity contribution >= 4 is 5.91 Å². The van der Waals surface area contributed by atoms with Gasteiger partial charge in [0.25, 0.3) is 5.91 Å². The first-order chi connectivity index (χ1) is 9.12. The molecule has 1 aromatic carbocycles. The number of nitrogens with zero attached hydrogens (tertiary/aromatic N) is 1. The molecule has 0 spiro atoms. The quantitative estimate of drug-likeness (QED) is 0.819. The molecule has 1 amide bonds. The third-order valence-electron chi connectivity index (χ3n) is 3.61. The van der Waals surface area contributed by atoms with E-state index < -0.39 is 0 Å². The molecule has 1 aromatic rings. The van der Waals surface area contributed by atoms with Gasteiger partial charge in [-0.3, -0.25) is 9.69 Å². The zero-order chi connectivity index (χ0) is 14.3. The number of carbonyl (C=O) groups excluding carboxylic acids is 1. The lowest BCUT2D eigenvalue weighted by molar-refractivity contribution is 0.0934. The van der Waals surface area contributed by atoms with Crippen LogP contribution in [0.1, 0.15) is 43.1 Å². The fourth-order valence-corrected chi connectivity index (χ4v) is 2.29. The largest absolute Gasteiger partial charge is 0.350 e. The molecule has 0 bridgehead atoms. The minimum Gasteiger partial charge on any atom is -0.350 e. The summed E-state index contributed by atoms with van der Waals surface area (Å²) in [5, 5.41) is 3.04. The van der Waals surface area contributed by atoms with E-state index in [9.17, 15) is 4.79 Å². The summed E-state index contributed by atoms with van der Waals surface area (Å²) in [4.78, 5) is 14.4. The molecule has 0 aliphatic rings. The number of rotatable bonds is 7. The normalized spacial score (nSPS) is 12.5. The van der Waals surface area contributed by atoms with E-state index in [1.807, 2.05) is 31.2 Å². The lowest BCUT2D eigenvalue weighted by atomic mass is 10.1. The Morgan fingerprint density at radius 3 is 2.21 bits per heavy atom. The highest BCUT2D eigenvalue weighted by Gasteiger charge is 2.14. The third kappa shape index (κ3) is 4.67. The maximum Gasteiger partial charge on any atom is 0.251 e. The molecular formula is C16H26N2O. The fraction of sp³-hybridized carbons (Fsp3) is 0.562. The molecule has 0 aliphatic carbocycles. The summed E-state index contributed by atoms with van der Waals surface area (Å²) in [6, 6.07) is 8.11. The predicted molar refractivity (Wildman–Crippen MR) is 80.5 cm³/mol. The first kappa shape index (κ1) is 15.7. The standard InChI is InChI=1S/C16H26N2O/c1-5-15(18(6-2)7-3)12-17-16(19)14-10-8-13(4)9-11-14/h8-11,15H,5-7,12H2,1-4H3,(H,17,19). The van der Waals surface area contributed by atoms with E-state index in [1.54, 1.807) is 0 Å². The molecule has 1 atom stereocenters. The van der Waals surface area contributed by atoms with Gasteiger partial charge in [0.05, 0.1) is 0 Å². The Morgan fingerprint density at radius 2 is 1.74 bits per heavy atom. The minimum atomic E-state index is 0.0191. The predicted octanol–water partition coefficient (Wildman–Crippen LogP) is 2.85. The number of hydrogen-bond donors (Lipinski definition) is 1. The van der Waals surface area contributed by atoms with E-state index in [4.69, 9.17) is 0 Å². The van der Waals surface area contributed by atoms with Crippen molar-refractivity contribution in [3.8, 4) is 0 Å². The van der Waals surface area contributed by atoms with Gasteiger partial charge in [0, 0.05) is 18.2 Å². The summed E-state index contributed by atoms with van der Waals surface area (Å²) < 4.78 is 0. The molecular weight excluding hydrogens is 236 g/mol. The van der Waals surface area contributed by atoms with E-state index in [0.717, 1.165) is 25.1 Å². The van der Waals surface area contributed by atoms with Crippen LogP contribution in [-0.4, -0.2) is 36.5 Å². The van der Waals surface area contributed by atoms with Gasteiger partial charge in [-0.05, 0) is 38.6 Å². The summed E-state index contributed by atoms with van der Waals surface area (Å²) in [5.41, 5.74) is 1.91. The minimum absolute atomic E-state index is 0.0191. The van der Waals surface area contributed by atoms with Gasteiger partial charge in [-0.15, -0.1) is 0 Å². The maximum absolute atomic E-state index is 12.0. The average Bonchev–Trinajstić information content (AvgIpc) is 2.43. The number of amides is 1. The second-order valence-corrected chi connectivity index (χ2v) is 4.86. The molecule has 1 unspecified atom stereocenters. The molecule has 0 aromatic heterocycles. The lowest BCUT2D eigenvalue weighted by Gasteiger charge is -2.28. The van der Waals surface area contributed by atoms with E-state index >= 15 is 0 Å². The van der Waals surface area contributed by atoms with Crippen LogP contribution in [0.15, 0.2) is 24.3 Å². The van der Waals surface area contributed by atoms with Crippen LogP contribution < -0.4 is 5.32 Å². The molecule has 0 saturated carbocycles. The summed E-state index contributed by atoms with van der Waals surface area (Å²) in [6.07, 6.45) is 1.05. The molecule has 3 nitrogen and oxygen atoms in total. The van der Waals surface area contributed by atoms with Crippen molar-refractivity contribution in [3.05, 3.63) is 35.4 Å². The van der Waals surface area contributed by atoms with E-state index in [2.05, 4.69) is 31.0 Å². The Hall–Kier alpha value is -1.35. The van der Waals surface area contributed by atoms with E-state index in [-0.39, 0.29) is 5.91 Å². The molecule has 0 heterocycles. The summed E-state index contributed by atoms with van der Waals surface area (Å²) in [5.74, 6) is 0.0191. The van der Waals surface area contributed by atoms with Crippen LogP contribution in [0, 0.1) is 6.92 Å². The number of nitrogens with one attached hydrogen (secondary N) is 1. The highest BCUT2D eigenvalue weighted by molar-refractivity contribution is 5.94. The molecule has 0 radical (unpaired) electrons. The second kappa shape index (κ2) is 7.95. The monoisotopic (exact) mass is 262 g/mol. The van der Waals surface area contributed by atoms with Gasteiger partial charge < -0.3 is 5.32 Å². The van der Waals surface area contributed by atoms with Gasteiger partial charge in [-0.2, -0.15) is 0 Å². The zero-order valence-electron chi connectivity index (χ0n) is 12.6. The fourth-order valence-electron chi connectivity index (χ4n) is 2.29. The Labute approximate surface area is 117 Å². The number of likely N-dealkylation sites (N-methyl/N-ethyl adjacent to an activating group) is 1. The number of aryl methyl sites for hydroxylation is 1. The molecule has 3 heteroatoms.